The van der Waals surface area contributed by atoms with Crippen molar-refractivity contribution in [1.29, 1.82) is 0 Å². The lowest BCUT2D eigenvalue weighted by Crippen LogP contribution is -2.44. The van der Waals surface area contributed by atoms with Crippen molar-refractivity contribution in [1.82, 2.24) is 4.31 Å². The molecule has 0 amide bonds. The Balaban J connectivity index is 1.44. The number of piperidine rings is 1. The van der Waals surface area contributed by atoms with E-state index in [9.17, 15) is 8.42 Å². The van der Waals surface area contributed by atoms with Crippen molar-refractivity contribution in [3.8, 4) is 0 Å². The fourth-order valence-corrected chi connectivity index (χ4v) is 5.14. The molecule has 3 fully saturated rings. The monoisotopic (exact) mass is 331 g/mol. The Bertz CT molecular complexity index is 467. The molecule has 1 spiro atoms. The Morgan fingerprint density at radius 2 is 1.95 bits per heavy atom. The number of hydrogen-bond donors (Lipinski definition) is 0. The van der Waals surface area contributed by atoms with E-state index in [2.05, 4.69) is 0 Å². The zero-order valence-corrected chi connectivity index (χ0v) is 14.4. The van der Waals surface area contributed by atoms with E-state index in [1.807, 2.05) is 6.92 Å². The molecule has 1 atom stereocenters. The molecule has 3 aliphatic rings. The maximum atomic E-state index is 12.1. The predicted molar refractivity (Wildman–Crippen MR) is 85.2 cm³/mol. The van der Waals surface area contributed by atoms with Gasteiger partial charge < -0.3 is 9.47 Å². The highest BCUT2D eigenvalue weighted by Gasteiger charge is 2.44. The van der Waals surface area contributed by atoms with Gasteiger partial charge in [0.1, 0.15) is 0 Å². The first-order valence-corrected chi connectivity index (χ1v) is 10.3. The van der Waals surface area contributed by atoms with Gasteiger partial charge in [-0.15, -0.1) is 0 Å². The maximum absolute atomic E-state index is 12.1. The van der Waals surface area contributed by atoms with Gasteiger partial charge in [0.25, 0.3) is 0 Å². The molecule has 6 heteroatoms. The molecule has 2 saturated heterocycles. The Kier molecular flexibility index (Phi) is 5.12. The third-order valence-corrected chi connectivity index (χ3v) is 7.35. The van der Waals surface area contributed by atoms with Gasteiger partial charge in [-0.25, -0.2) is 12.7 Å². The van der Waals surface area contributed by atoms with Crippen LogP contribution in [-0.2, 0) is 19.5 Å². The van der Waals surface area contributed by atoms with Crippen LogP contribution < -0.4 is 0 Å². The summed E-state index contributed by atoms with van der Waals surface area (Å²) in [4.78, 5) is 0. The van der Waals surface area contributed by atoms with Gasteiger partial charge in [0.05, 0.1) is 25.1 Å². The average Bonchev–Trinajstić information content (AvgIpc) is 3.22. The Labute approximate surface area is 134 Å². The summed E-state index contributed by atoms with van der Waals surface area (Å²) in [6.07, 6.45) is 6.41. The van der Waals surface area contributed by atoms with Crippen molar-refractivity contribution >= 4 is 10.0 Å². The summed E-state index contributed by atoms with van der Waals surface area (Å²) in [5, 5.41) is 0. The molecule has 1 unspecified atom stereocenters. The van der Waals surface area contributed by atoms with Crippen LogP contribution >= 0.6 is 0 Å². The van der Waals surface area contributed by atoms with Gasteiger partial charge >= 0.3 is 0 Å². The normalized spacial score (nSPS) is 29.2. The minimum absolute atomic E-state index is 0.186. The van der Waals surface area contributed by atoms with Crippen LogP contribution in [-0.4, -0.2) is 57.5 Å². The van der Waals surface area contributed by atoms with Crippen molar-refractivity contribution in [2.24, 2.45) is 11.3 Å². The van der Waals surface area contributed by atoms with Gasteiger partial charge in [0, 0.05) is 19.7 Å². The first-order valence-electron chi connectivity index (χ1n) is 8.70. The number of nitrogens with zero attached hydrogens (tertiary/aromatic N) is 1. The number of sulfonamides is 1. The van der Waals surface area contributed by atoms with Gasteiger partial charge in [0.15, 0.2) is 0 Å². The molecule has 5 nitrogen and oxygen atoms in total. The van der Waals surface area contributed by atoms with Gasteiger partial charge in [-0.2, -0.15) is 0 Å². The number of hydrogen-bond acceptors (Lipinski definition) is 4. The highest BCUT2D eigenvalue weighted by Crippen LogP contribution is 2.42. The summed E-state index contributed by atoms with van der Waals surface area (Å²) in [6, 6.07) is 0. The molecule has 0 radical (unpaired) electrons. The standard InChI is InChI=1S/C16H29NO4S/c1-2-9-22(18,19)17-7-5-16(6-8-17)10-15(21-13-16)12-20-11-14-3-4-14/h14-15H,2-13H2,1H3. The first-order chi connectivity index (χ1) is 10.5. The van der Waals surface area contributed by atoms with Gasteiger partial charge in [-0.1, -0.05) is 6.92 Å². The fraction of sp³-hybridized carbons (Fsp3) is 1.00. The lowest BCUT2D eigenvalue weighted by Gasteiger charge is -2.37. The molecule has 2 heterocycles. The second kappa shape index (κ2) is 6.75. The second-order valence-electron chi connectivity index (χ2n) is 7.33. The van der Waals surface area contributed by atoms with Crippen LogP contribution in [0.2, 0.25) is 0 Å². The minimum atomic E-state index is -3.04. The molecule has 1 saturated carbocycles. The molecule has 22 heavy (non-hydrogen) atoms. The third-order valence-electron chi connectivity index (χ3n) is 5.28. The summed E-state index contributed by atoms with van der Waals surface area (Å²) >= 11 is 0. The van der Waals surface area contributed by atoms with E-state index in [4.69, 9.17) is 9.47 Å². The van der Waals surface area contributed by atoms with Crippen LogP contribution in [0, 0.1) is 11.3 Å². The van der Waals surface area contributed by atoms with Crippen LogP contribution in [0.1, 0.15) is 45.4 Å². The molecule has 128 valence electrons. The van der Waals surface area contributed by atoms with Gasteiger partial charge in [-0.05, 0) is 49.9 Å². The fourth-order valence-electron chi connectivity index (χ4n) is 3.63. The molecule has 1 aliphatic carbocycles. The zero-order chi connectivity index (χ0) is 15.6. The van der Waals surface area contributed by atoms with Crippen molar-refractivity contribution in [3.05, 3.63) is 0 Å². The van der Waals surface area contributed by atoms with Crippen molar-refractivity contribution in [2.45, 2.75) is 51.6 Å². The summed E-state index contributed by atoms with van der Waals surface area (Å²) < 4.78 is 37.6. The van der Waals surface area contributed by atoms with Crippen LogP contribution in [0.25, 0.3) is 0 Å². The van der Waals surface area contributed by atoms with E-state index >= 15 is 0 Å². The van der Waals surface area contributed by atoms with E-state index in [-0.39, 0.29) is 17.3 Å². The summed E-state index contributed by atoms with van der Waals surface area (Å²) in [5.41, 5.74) is 0.186. The summed E-state index contributed by atoms with van der Waals surface area (Å²) in [6.45, 7) is 5.58. The smallest absolute Gasteiger partial charge is 0.214 e. The zero-order valence-electron chi connectivity index (χ0n) is 13.6. The molecule has 0 N–H and O–H groups in total. The van der Waals surface area contributed by atoms with Crippen molar-refractivity contribution in [2.75, 3.05) is 38.7 Å². The first kappa shape index (κ1) is 16.7. The van der Waals surface area contributed by atoms with Gasteiger partial charge in [-0.3, -0.25) is 0 Å². The van der Waals surface area contributed by atoms with E-state index in [0.29, 0.717) is 26.1 Å². The molecule has 0 aromatic carbocycles. The molecular formula is C16H29NO4S. The maximum Gasteiger partial charge on any atom is 0.214 e. The Hall–Kier alpha value is -0.170. The quantitative estimate of drug-likeness (QED) is 0.716. The summed E-state index contributed by atoms with van der Waals surface area (Å²) in [5.74, 6) is 1.07. The lowest BCUT2D eigenvalue weighted by molar-refractivity contribution is 0.0103. The van der Waals surface area contributed by atoms with Crippen LogP contribution in [0.3, 0.4) is 0 Å². The van der Waals surface area contributed by atoms with Crippen molar-refractivity contribution < 1.29 is 17.9 Å². The third kappa shape index (κ3) is 4.02. The van der Waals surface area contributed by atoms with E-state index < -0.39 is 10.0 Å². The number of ether oxygens (including phenoxy) is 2. The topological polar surface area (TPSA) is 55.8 Å². The predicted octanol–water partition coefficient (Wildman–Crippen LogP) is 2.02. The second-order valence-corrected chi connectivity index (χ2v) is 9.42. The highest BCUT2D eigenvalue weighted by molar-refractivity contribution is 7.89. The SMILES string of the molecule is CCCS(=O)(=O)N1CCC2(CC1)COC(COCC1CC1)C2. The summed E-state index contributed by atoms with van der Waals surface area (Å²) in [7, 11) is -3.04. The highest BCUT2D eigenvalue weighted by atomic mass is 32.2. The van der Waals surface area contributed by atoms with Crippen molar-refractivity contribution in [3.63, 3.8) is 0 Å². The Morgan fingerprint density at radius 1 is 1.23 bits per heavy atom. The molecule has 2 aliphatic heterocycles. The van der Waals surface area contributed by atoms with Gasteiger partial charge in [0.2, 0.25) is 10.0 Å². The van der Waals surface area contributed by atoms with Crippen LogP contribution in [0.4, 0.5) is 0 Å². The molecule has 3 rings (SSSR count). The molecule has 0 bridgehead atoms. The lowest BCUT2D eigenvalue weighted by atomic mass is 9.77. The largest absolute Gasteiger partial charge is 0.378 e. The van der Waals surface area contributed by atoms with Crippen LogP contribution in [0.5, 0.6) is 0 Å². The molecular weight excluding hydrogens is 302 g/mol. The average molecular weight is 331 g/mol. The number of rotatable bonds is 7. The Morgan fingerprint density at radius 3 is 2.59 bits per heavy atom. The minimum Gasteiger partial charge on any atom is -0.378 e. The van der Waals surface area contributed by atoms with Crippen LogP contribution in [0.15, 0.2) is 0 Å². The van der Waals surface area contributed by atoms with E-state index in [0.717, 1.165) is 38.4 Å². The molecule has 0 aromatic rings. The van der Waals surface area contributed by atoms with E-state index in [1.165, 1.54) is 12.8 Å². The van der Waals surface area contributed by atoms with E-state index in [1.54, 1.807) is 4.31 Å². The molecule has 0 aromatic heterocycles.